The Morgan fingerprint density at radius 1 is 1.22 bits per heavy atom. The summed E-state index contributed by atoms with van der Waals surface area (Å²) in [6, 6.07) is 6.66. The fourth-order valence-electron chi connectivity index (χ4n) is 2.99. The molecule has 1 saturated carbocycles. The Balaban J connectivity index is 2.11. The molecule has 0 saturated heterocycles. The van der Waals surface area contributed by atoms with Crippen LogP contribution in [0.5, 0.6) is 0 Å². The van der Waals surface area contributed by atoms with Crippen molar-refractivity contribution in [3.63, 3.8) is 0 Å². The lowest BCUT2D eigenvalue weighted by Gasteiger charge is -2.28. The number of hydrogen-bond acceptors (Lipinski definition) is 3. The van der Waals surface area contributed by atoms with E-state index in [-0.39, 0.29) is 18.2 Å². The van der Waals surface area contributed by atoms with E-state index in [0.717, 1.165) is 12.8 Å². The van der Waals surface area contributed by atoms with Gasteiger partial charge >= 0.3 is 5.97 Å². The summed E-state index contributed by atoms with van der Waals surface area (Å²) in [6.45, 7) is 1.75. The zero-order valence-electron chi connectivity index (χ0n) is 13.2. The normalized spacial score (nSPS) is 15.9. The third-order valence-corrected chi connectivity index (χ3v) is 4.16. The number of carbonyl (C=O) groups is 3. The Hall–Kier alpha value is -2.37. The average Bonchev–Trinajstić information content (AvgIpc) is 2.94. The fourth-order valence-corrected chi connectivity index (χ4v) is 2.99. The molecule has 0 radical (unpaired) electrons. The number of nitrogens with one attached hydrogen (secondary N) is 2. The summed E-state index contributed by atoms with van der Waals surface area (Å²) in [5.41, 5.74) is 0.310. The second-order valence-corrected chi connectivity index (χ2v) is 5.99. The maximum absolute atomic E-state index is 12.5. The number of benzene rings is 1. The van der Waals surface area contributed by atoms with Gasteiger partial charge < -0.3 is 15.7 Å². The zero-order chi connectivity index (χ0) is 16.9. The van der Waals surface area contributed by atoms with Crippen LogP contribution >= 0.6 is 0 Å². The van der Waals surface area contributed by atoms with Crippen LogP contribution in [0.3, 0.4) is 0 Å². The largest absolute Gasteiger partial charge is 0.481 e. The molecule has 3 N–H and O–H groups in total. The number of carbonyl (C=O) groups excluding carboxylic acids is 2. The molecule has 0 spiro atoms. The topological polar surface area (TPSA) is 95.5 Å². The van der Waals surface area contributed by atoms with Crippen molar-refractivity contribution in [2.24, 2.45) is 0 Å². The number of hydrogen-bond donors (Lipinski definition) is 3. The van der Waals surface area contributed by atoms with Crippen LogP contribution in [0.15, 0.2) is 24.3 Å². The molecule has 6 nitrogen and oxygen atoms in total. The van der Waals surface area contributed by atoms with E-state index in [1.165, 1.54) is 0 Å². The molecular formula is C17H22N2O4. The number of rotatable bonds is 6. The van der Waals surface area contributed by atoms with E-state index < -0.39 is 11.5 Å². The van der Waals surface area contributed by atoms with Crippen molar-refractivity contribution in [3.8, 4) is 0 Å². The third-order valence-electron chi connectivity index (χ3n) is 4.16. The quantitative estimate of drug-likeness (QED) is 0.751. The predicted octanol–water partition coefficient (Wildman–Crippen LogP) is 2.55. The van der Waals surface area contributed by atoms with E-state index in [0.29, 0.717) is 30.5 Å². The second-order valence-electron chi connectivity index (χ2n) is 5.99. The van der Waals surface area contributed by atoms with Crippen molar-refractivity contribution >= 4 is 23.5 Å². The first-order valence-corrected chi connectivity index (χ1v) is 7.88. The summed E-state index contributed by atoms with van der Waals surface area (Å²) >= 11 is 0. The monoisotopic (exact) mass is 318 g/mol. The smallest absolute Gasteiger partial charge is 0.305 e. The van der Waals surface area contributed by atoms with Gasteiger partial charge in [-0.25, -0.2) is 0 Å². The van der Waals surface area contributed by atoms with E-state index in [4.69, 9.17) is 5.11 Å². The summed E-state index contributed by atoms with van der Waals surface area (Å²) in [7, 11) is 0. The first-order valence-electron chi connectivity index (χ1n) is 7.88. The fraction of sp³-hybridized carbons (Fsp3) is 0.471. The molecule has 23 heavy (non-hydrogen) atoms. The van der Waals surface area contributed by atoms with Crippen LogP contribution in [0, 0.1) is 0 Å². The van der Waals surface area contributed by atoms with Crippen molar-refractivity contribution in [2.75, 3.05) is 5.32 Å². The number of carboxylic acids is 1. The average molecular weight is 318 g/mol. The number of aliphatic carboxylic acids is 1. The highest BCUT2D eigenvalue weighted by Gasteiger charge is 2.37. The Morgan fingerprint density at radius 3 is 2.52 bits per heavy atom. The number of carboxylic acid groups (broad SMARTS) is 1. The van der Waals surface area contributed by atoms with Crippen molar-refractivity contribution in [1.82, 2.24) is 5.32 Å². The standard InChI is InChI=1S/C17H22N2O4/c1-2-14(20)18-13-7-5-6-12(10-13)16(23)19-17(11-15(21)22)8-3-4-9-17/h5-7,10H,2-4,8-9,11H2,1H3,(H,18,20)(H,19,23)(H,21,22). The van der Waals surface area contributed by atoms with Crippen LogP contribution in [0.4, 0.5) is 5.69 Å². The molecule has 6 heteroatoms. The second kappa shape index (κ2) is 7.26. The van der Waals surface area contributed by atoms with Crippen molar-refractivity contribution < 1.29 is 19.5 Å². The molecule has 0 atom stereocenters. The number of anilines is 1. The van der Waals surface area contributed by atoms with E-state index >= 15 is 0 Å². The van der Waals surface area contributed by atoms with Gasteiger partial charge in [0, 0.05) is 17.7 Å². The van der Waals surface area contributed by atoms with Crippen LogP contribution in [0.1, 0.15) is 55.8 Å². The van der Waals surface area contributed by atoms with Crippen LogP contribution in [-0.4, -0.2) is 28.4 Å². The minimum Gasteiger partial charge on any atom is -0.481 e. The summed E-state index contributed by atoms with van der Waals surface area (Å²) in [4.78, 5) is 35.0. The van der Waals surface area contributed by atoms with Crippen molar-refractivity contribution in [3.05, 3.63) is 29.8 Å². The molecule has 124 valence electrons. The first kappa shape index (κ1) is 17.0. The van der Waals surface area contributed by atoms with Gasteiger partial charge in [0.2, 0.25) is 5.91 Å². The van der Waals surface area contributed by atoms with E-state index in [2.05, 4.69) is 10.6 Å². The Labute approximate surface area is 135 Å². The highest BCUT2D eigenvalue weighted by molar-refractivity contribution is 5.97. The van der Waals surface area contributed by atoms with Gasteiger partial charge in [-0.3, -0.25) is 14.4 Å². The van der Waals surface area contributed by atoms with Gasteiger partial charge in [-0.2, -0.15) is 0 Å². The molecule has 0 aliphatic heterocycles. The lowest BCUT2D eigenvalue weighted by Crippen LogP contribution is -2.47. The molecule has 0 unspecified atom stereocenters. The highest BCUT2D eigenvalue weighted by Crippen LogP contribution is 2.33. The minimum atomic E-state index is -0.906. The van der Waals surface area contributed by atoms with E-state index in [1.807, 2.05) is 0 Å². The molecule has 1 aliphatic rings. The molecule has 1 aromatic carbocycles. The van der Waals surface area contributed by atoms with E-state index in [9.17, 15) is 14.4 Å². The molecule has 2 rings (SSSR count). The van der Waals surface area contributed by atoms with Crippen molar-refractivity contribution in [1.29, 1.82) is 0 Å². The first-order chi connectivity index (χ1) is 10.9. The summed E-state index contributed by atoms with van der Waals surface area (Å²) in [5.74, 6) is -1.34. The van der Waals surface area contributed by atoms with Gasteiger partial charge in [0.1, 0.15) is 0 Å². The van der Waals surface area contributed by atoms with Gasteiger partial charge in [-0.15, -0.1) is 0 Å². The highest BCUT2D eigenvalue weighted by atomic mass is 16.4. The minimum absolute atomic E-state index is 0.0645. The molecule has 1 fully saturated rings. The summed E-state index contributed by atoms with van der Waals surface area (Å²) in [6.07, 6.45) is 3.48. The Kier molecular flexibility index (Phi) is 5.36. The molecule has 0 bridgehead atoms. The molecule has 0 aromatic heterocycles. The van der Waals surface area contributed by atoms with Gasteiger partial charge in [-0.05, 0) is 31.0 Å². The summed E-state index contributed by atoms with van der Waals surface area (Å²) in [5, 5.41) is 14.7. The molecule has 0 heterocycles. The van der Waals surface area contributed by atoms with E-state index in [1.54, 1.807) is 31.2 Å². The van der Waals surface area contributed by atoms with Gasteiger partial charge in [0.05, 0.1) is 12.0 Å². The molecule has 1 aliphatic carbocycles. The molecular weight excluding hydrogens is 296 g/mol. The van der Waals surface area contributed by atoms with Crippen LogP contribution in [-0.2, 0) is 9.59 Å². The lowest BCUT2D eigenvalue weighted by molar-refractivity contribution is -0.138. The number of amides is 2. The van der Waals surface area contributed by atoms with Gasteiger partial charge in [-0.1, -0.05) is 25.8 Å². The van der Waals surface area contributed by atoms with Gasteiger partial charge in [0.25, 0.3) is 5.91 Å². The van der Waals surface area contributed by atoms with Crippen LogP contribution < -0.4 is 10.6 Å². The van der Waals surface area contributed by atoms with Crippen molar-refractivity contribution in [2.45, 2.75) is 51.0 Å². The predicted molar refractivity (Wildman–Crippen MR) is 86.3 cm³/mol. The Morgan fingerprint density at radius 2 is 1.91 bits per heavy atom. The molecule has 2 amide bonds. The van der Waals surface area contributed by atoms with Crippen LogP contribution in [0.2, 0.25) is 0 Å². The maximum atomic E-state index is 12.5. The summed E-state index contributed by atoms with van der Waals surface area (Å²) < 4.78 is 0. The maximum Gasteiger partial charge on any atom is 0.305 e. The van der Waals surface area contributed by atoms with Crippen LogP contribution in [0.25, 0.3) is 0 Å². The Bertz CT molecular complexity index is 606. The molecule has 1 aromatic rings. The zero-order valence-corrected chi connectivity index (χ0v) is 13.2. The SMILES string of the molecule is CCC(=O)Nc1cccc(C(=O)NC2(CC(=O)O)CCCC2)c1. The van der Waals surface area contributed by atoms with Gasteiger partial charge in [0.15, 0.2) is 0 Å². The third kappa shape index (κ3) is 4.55. The lowest BCUT2D eigenvalue weighted by atomic mass is 9.92.